The third-order valence-corrected chi connectivity index (χ3v) is 6.43. The average molecular weight is 450 g/mol. The summed E-state index contributed by atoms with van der Waals surface area (Å²) in [6, 6.07) is 18.9. The van der Waals surface area contributed by atoms with Gasteiger partial charge < -0.3 is 10.1 Å². The molecule has 0 saturated carbocycles. The van der Waals surface area contributed by atoms with Crippen molar-refractivity contribution >= 4 is 28.5 Å². The third-order valence-electron chi connectivity index (χ3n) is 5.66. The van der Waals surface area contributed by atoms with Crippen LogP contribution in [0.3, 0.4) is 0 Å². The zero-order chi connectivity index (χ0) is 22.5. The van der Waals surface area contributed by atoms with Crippen LogP contribution < -0.4 is 5.32 Å². The quantitative estimate of drug-likeness (QED) is 0.547. The number of hydrogen-bond acceptors (Lipinski definition) is 5. The predicted octanol–water partition coefficient (Wildman–Crippen LogP) is 5.40. The zero-order valence-electron chi connectivity index (χ0n) is 18.2. The number of carbonyl (C=O) groups excluding carboxylic acids is 2. The summed E-state index contributed by atoms with van der Waals surface area (Å²) in [5.74, 6) is 0.124. The van der Waals surface area contributed by atoms with Crippen LogP contribution in [0.25, 0.3) is 0 Å². The van der Waals surface area contributed by atoms with Gasteiger partial charge in [-0.15, -0.1) is 11.3 Å². The summed E-state index contributed by atoms with van der Waals surface area (Å²) in [4.78, 5) is 32.2. The Morgan fingerprint density at radius 3 is 2.47 bits per heavy atom. The molecule has 32 heavy (non-hydrogen) atoms. The minimum Gasteiger partial charge on any atom is -0.445 e. The van der Waals surface area contributed by atoms with E-state index >= 15 is 0 Å². The van der Waals surface area contributed by atoms with E-state index < -0.39 is 12.1 Å². The van der Waals surface area contributed by atoms with Gasteiger partial charge in [0.1, 0.15) is 12.6 Å². The van der Waals surface area contributed by atoms with Crippen LogP contribution in [0.15, 0.2) is 66.0 Å². The second kappa shape index (κ2) is 9.96. The maximum atomic E-state index is 13.2. The van der Waals surface area contributed by atoms with E-state index in [0.717, 1.165) is 16.8 Å². The summed E-state index contributed by atoms with van der Waals surface area (Å²) < 4.78 is 5.56. The van der Waals surface area contributed by atoms with Gasteiger partial charge in [0.05, 0.1) is 5.69 Å². The van der Waals surface area contributed by atoms with Crippen molar-refractivity contribution in [3.8, 4) is 0 Å². The van der Waals surface area contributed by atoms with E-state index in [-0.39, 0.29) is 24.3 Å². The first-order valence-electron chi connectivity index (χ1n) is 10.8. The topological polar surface area (TPSA) is 71.5 Å². The molecule has 2 aromatic carbocycles. The standard InChI is InChI=1S/C25H27N3O3S/c1-17(2)21-16-32-24(26-21)27-23(29)22-13-20(19-11-7-4-8-12-19)14-28(22)25(30)31-15-18-9-5-3-6-10-18/h3-12,16-17,20,22H,13-15H2,1-2H3,(H,26,27,29). The minimum atomic E-state index is -0.616. The van der Waals surface area contributed by atoms with Gasteiger partial charge in [0.2, 0.25) is 5.91 Å². The SMILES string of the molecule is CC(C)c1csc(NC(=O)C2CC(c3ccccc3)CN2C(=O)OCc2ccccc2)n1. The molecular weight excluding hydrogens is 422 g/mol. The molecule has 0 radical (unpaired) electrons. The van der Waals surface area contributed by atoms with Crippen molar-refractivity contribution in [2.75, 3.05) is 11.9 Å². The molecule has 2 amide bonds. The lowest BCUT2D eigenvalue weighted by atomic mass is 9.96. The monoisotopic (exact) mass is 449 g/mol. The Hall–Kier alpha value is -3.19. The van der Waals surface area contributed by atoms with Crippen molar-refractivity contribution in [1.82, 2.24) is 9.88 Å². The van der Waals surface area contributed by atoms with Crippen LogP contribution in [0.4, 0.5) is 9.93 Å². The Kier molecular flexibility index (Phi) is 6.85. The van der Waals surface area contributed by atoms with Crippen molar-refractivity contribution < 1.29 is 14.3 Å². The van der Waals surface area contributed by atoms with Crippen LogP contribution in [0, 0.1) is 0 Å². The minimum absolute atomic E-state index is 0.0683. The lowest BCUT2D eigenvalue weighted by Crippen LogP contribution is -2.43. The molecule has 0 spiro atoms. The van der Waals surface area contributed by atoms with E-state index in [1.54, 1.807) is 4.90 Å². The van der Waals surface area contributed by atoms with Gasteiger partial charge in [0.25, 0.3) is 0 Å². The van der Waals surface area contributed by atoms with Gasteiger partial charge in [-0.2, -0.15) is 0 Å². The molecule has 2 unspecified atom stereocenters. The normalized spacial score (nSPS) is 18.0. The van der Waals surface area contributed by atoms with Crippen molar-refractivity contribution in [2.24, 2.45) is 0 Å². The number of rotatable bonds is 6. The number of amides is 2. The third kappa shape index (κ3) is 5.16. The number of likely N-dealkylation sites (tertiary alicyclic amines) is 1. The van der Waals surface area contributed by atoms with Gasteiger partial charge >= 0.3 is 6.09 Å². The summed E-state index contributed by atoms with van der Waals surface area (Å²) >= 11 is 1.40. The first-order chi connectivity index (χ1) is 15.5. The summed E-state index contributed by atoms with van der Waals surface area (Å²) in [5.41, 5.74) is 2.96. The maximum absolute atomic E-state index is 13.2. The van der Waals surface area contributed by atoms with E-state index in [1.807, 2.05) is 66.0 Å². The van der Waals surface area contributed by atoms with Crippen LogP contribution in [0.2, 0.25) is 0 Å². The molecule has 7 heteroatoms. The molecule has 1 fully saturated rings. The van der Waals surface area contributed by atoms with Crippen molar-refractivity contribution in [3.05, 3.63) is 82.9 Å². The summed E-state index contributed by atoms with van der Waals surface area (Å²) in [6.45, 7) is 4.73. The Morgan fingerprint density at radius 2 is 1.81 bits per heavy atom. The molecule has 6 nitrogen and oxygen atoms in total. The maximum Gasteiger partial charge on any atom is 0.410 e. The summed E-state index contributed by atoms with van der Waals surface area (Å²) in [7, 11) is 0. The highest BCUT2D eigenvalue weighted by atomic mass is 32.1. The lowest BCUT2D eigenvalue weighted by Gasteiger charge is -2.23. The van der Waals surface area contributed by atoms with Gasteiger partial charge in [-0.3, -0.25) is 9.69 Å². The highest BCUT2D eigenvalue weighted by molar-refractivity contribution is 7.13. The molecule has 2 atom stereocenters. The molecule has 166 valence electrons. The number of anilines is 1. The molecule has 4 rings (SSSR count). The second-order valence-electron chi connectivity index (χ2n) is 8.27. The number of nitrogens with zero attached hydrogens (tertiary/aromatic N) is 2. The first-order valence-corrected chi connectivity index (χ1v) is 11.7. The zero-order valence-corrected chi connectivity index (χ0v) is 19.0. The Labute approximate surface area is 192 Å². The highest BCUT2D eigenvalue weighted by Crippen LogP contribution is 2.33. The molecule has 3 aromatic rings. The van der Waals surface area contributed by atoms with Crippen LogP contribution in [0.1, 0.15) is 48.9 Å². The molecule has 1 aliphatic rings. The van der Waals surface area contributed by atoms with E-state index in [9.17, 15) is 9.59 Å². The highest BCUT2D eigenvalue weighted by Gasteiger charge is 2.41. The van der Waals surface area contributed by atoms with E-state index in [1.165, 1.54) is 11.3 Å². The lowest BCUT2D eigenvalue weighted by molar-refractivity contribution is -0.120. The first kappa shape index (κ1) is 22.0. The van der Waals surface area contributed by atoms with E-state index in [0.29, 0.717) is 18.1 Å². The van der Waals surface area contributed by atoms with Gasteiger partial charge in [0, 0.05) is 17.8 Å². The Morgan fingerprint density at radius 1 is 1.12 bits per heavy atom. The molecule has 0 bridgehead atoms. The molecule has 2 heterocycles. The number of benzene rings is 2. The number of thiazole rings is 1. The van der Waals surface area contributed by atoms with Crippen LogP contribution >= 0.6 is 11.3 Å². The number of ether oxygens (including phenoxy) is 1. The van der Waals surface area contributed by atoms with E-state index in [2.05, 4.69) is 24.1 Å². The van der Waals surface area contributed by atoms with Crippen LogP contribution in [0.5, 0.6) is 0 Å². The van der Waals surface area contributed by atoms with E-state index in [4.69, 9.17) is 4.74 Å². The van der Waals surface area contributed by atoms with Crippen molar-refractivity contribution in [2.45, 2.75) is 44.8 Å². The Bertz CT molecular complexity index is 1050. The van der Waals surface area contributed by atoms with Crippen molar-refractivity contribution in [1.29, 1.82) is 0 Å². The number of hydrogen-bond donors (Lipinski definition) is 1. The molecule has 1 N–H and O–H groups in total. The van der Waals surface area contributed by atoms with Gasteiger partial charge in [-0.05, 0) is 23.5 Å². The average Bonchev–Trinajstić information content (AvgIpc) is 3.46. The van der Waals surface area contributed by atoms with Crippen LogP contribution in [-0.2, 0) is 16.1 Å². The fraction of sp³-hybridized carbons (Fsp3) is 0.320. The number of aromatic nitrogens is 1. The van der Waals surface area contributed by atoms with Gasteiger partial charge in [-0.25, -0.2) is 9.78 Å². The number of nitrogens with one attached hydrogen (secondary N) is 1. The fourth-order valence-corrected chi connectivity index (χ4v) is 4.73. The molecule has 1 aliphatic heterocycles. The molecular formula is C25H27N3O3S. The number of carbonyl (C=O) groups is 2. The van der Waals surface area contributed by atoms with Crippen molar-refractivity contribution in [3.63, 3.8) is 0 Å². The second-order valence-corrected chi connectivity index (χ2v) is 9.13. The molecule has 1 aromatic heterocycles. The largest absolute Gasteiger partial charge is 0.445 e. The van der Waals surface area contributed by atoms with Crippen LogP contribution in [-0.4, -0.2) is 34.5 Å². The predicted molar refractivity (Wildman–Crippen MR) is 126 cm³/mol. The Balaban J connectivity index is 1.49. The molecule has 1 saturated heterocycles. The van der Waals surface area contributed by atoms with Gasteiger partial charge in [0.15, 0.2) is 5.13 Å². The smallest absolute Gasteiger partial charge is 0.410 e. The molecule has 0 aliphatic carbocycles. The fourth-order valence-electron chi connectivity index (χ4n) is 3.85. The van der Waals surface area contributed by atoms with Gasteiger partial charge in [-0.1, -0.05) is 74.5 Å². The summed E-state index contributed by atoms with van der Waals surface area (Å²) in [6.07, 6.45) is 0.0630. The summed E-state index contributed by atoms with van der Waals surface area (Å²) in [5, 5.41) is 5.42.